The van der Waals surface area contributed by atoms with E-state index in [9.17, 15) is 4.79 Å². The summed E-state index contributed by atoms with van der Waals surface area (Å²) in [5.41, 5.74) is 4.37. The number of benzene rings is 3. The fourth-order valence-electron chi connectivity index (χ4n) is 3.97. The normalized spacial score (nSPS) is 11.0. The Kier molecular flexibility index (Phi) is 5.51. The molecule has 0 radical (unpaired) electrons. The summed E-state index contributed by atoms with van der Waals surface area (Å²) in [6, 6.07) is 28.4. The van der Waals surface area contributed by atoms with Gasteiger partial charge in [0, 0.05) is 11.1 Å². The Labute approximate surface area is 205 Å². The number of aromatic nitrogens is 5. The molecule has 6 aromatic rings. The molecule has 0 aliphatic heterocycles. The van der Waals surface area contributed by atoms with Gasteiger partial charge >= 0.3 is 5.97 Å². The van der Waals surface area contributed by atoms with Crippen LogP contribution in [-0.2, 0) is 6.54 Å². The van der Waals surface area contributed by atoms with Crippen LogP contribution >= 0.6 is 0 Å². The minimum atomic E-state index is -0.496. The zero-order chi connectivity index (χ0) is 24.3. The number of hydrogen-bond donors (Lipinski definition) is 0. The lowest BCUT2D eigenvalue weighted by atomic mass is 10.1. The van der Waals surface area contributed by atoms with Crippen molar-refractivity contribution in [3.63, 3.8) is 0 Å². The number of rotatable bonds is 6. The zero-order valence-corrected chi connectivity index (χ0v) is 19.0. The SMILES string of the molecule is O=C(Oc1ccc(-c2nnco2)cc1)c1cc(-c2ccccc2)nc2c1cnn2Cc1ccccc1. The molecule has 6 rings (SSSR count). The third kappa shape index (κ3) is 4.23. The molecule has 3 aromatic carbocycles. The zero-order valence-electron chi connectivity index (χ0n) is 19.0. The van der Waals surface area contributed by atoms with Gasteiger partial charge in [0.25, 0.3) is 0 Å². The van der Waals surface area contributed by atoms with Gasteiger partial charge < -0.3 is 9.15 Å². The first kappa shape index (κ1) is 21.4. The molecular weight excluding hydrogens is 454 g/mol. The quantitative estimate of drug-likeness (QED) is 0.236. The minimum absolute atomic E-state index is 0.388. The van der Waals surface area contributed by atoms with Crippen LogP contribution in [0.5, 0.6) is 5.75 Å². The predicted octanol–water partition coefficient (Wildman–Crippen LogP) is 5.42. The molecule has 8 heteroatoms. The predicted molar refractivity (Wildman–Crippen MR) is 133 cm³/mol. The maximum atomic E-state index is 13.4. The van der Waals surface area contributed by atoms with Gasteiger partial charge in [0.1, 0.15) is 5.75 Å². The number of hydrogen-bond acceptors (Lipinski definition) is 7. The van der Waals surface area contributed by atoms with Crippen LogP contribution in [0.25, 0.3) is 33.7 Å². The summed E-state index contributed by atoms with van der Waals surface area (Å²) in [7, 11) is 0. The van der Waals surface area contributed by atoms with Crippen molar-refractivity contribution >= 4 is 17.0 Å². The van der Waals surface area contributed by atoms with Gasteiger partial charge in [-0.2, -0.15) is 5.10 Å². The maximum absolute atomic E-state index is 13.4. The van der Waals surface area contributed by atoms with Crippen LogP contribution in [0.4, 0.5) is 0 Å². The highest BCUT2D eigenvalue weighted by Crippen LogP contribution is 2.27. The third-order valence-corrected chi connectivity index (χ3v) is 5.75. The molecule has 0 saturated heterocycles. The van der Waals surface area contributed by atoms with Crippen LogP contribution < -0.4 is 4.74 Å². The first-order valence-electron chi connectivity index (χ1n) is 11.3. The fraction of sp³-hybridized carbons (Fsp3) is 0.0357. The molecule has 36 heavy (non-hydrogen) atoms. The number of carbonyl (C=O) groups is 1. The average Bonchev–Trinajstić information content (AvgIpc) is 3.61. The Balaban J connectivity index is 1.38. The van der Waals surface area contributed by atoms with E-state index in [1.54, 1.807) is 41.2 Å². The van der Waals surface area contributed by atoms with Crippen LogP contribution in [0.15, 0.2) is 108 Å². The fourth-order valence-corrected chi connectivity index (χ4v) is 3.97. The van der Waals surface area contributed by atoms with E-state index in [0.717, 1.165) is 16.7 Å². The van der Waals surface area contributed by atoms with Gasteiger partial charge in [-0.25, -0.2) is 14.5 Å². The molecule has 0 unspecified atom stereocenters. The van der Waals surface area contributed by atoms with Gasteiger partial charge in [0.05, 0.1) is 29.4 Å². The molecule has 0 N–H and O–H groups in total. The summed E-state index contributed by atoms with van der Waals surface area (Å²) < 4.78 is 12.7. The van der Waals surface area contributed by atoms with E-state index in [4.69, 9.17) is 14.1 Å². The Bertz CT molecular complexity index is 1630. The Hall–Kier alpha value is -5.11. The first-order chi connectivity index (χ1) is 17.7. The van der Waals surface area contributed by atoms with Crippen LogP contribution in [0.1, 0.15) is 15.9 Å². The maximum Gasteiger partial charge on any atom is 0.344 e. The number of nitrogens with zero attached hydrogens (tertiary/aromatic N) is 5. The molecule has 0 saturated carbocycles. The van der Waals surface area contributed by atoms with Crippen molar-refractivity contribution in [1.29, 1.82) is 0 Å². The van der Waals surface area contributed by atoms with Crippen molar-refractivity contribution in [2.75, 3.05) is 0 Å². The summed E-state index contributed by atoms with van der Waals surface area (Å²) in [5.74, 6) is 0.289. The highest BCUT2D eigenvalue weighted by atomic mass is 16.5. The lowest BCUT2D eigenvalue weighted by molar-refractivity contribution is 0.0737. The molecular formula is C28H19N5O3. The van der Waals surface area contributed by atoms with Crippen molar-refractivity contribution in [2.24, 2.45) is 0 Å². The molecule has 0 aliphatic rings. The molecule has 0 fully saturated rings. The first-order valence-corrected chi connectivity index (χ1v) is 11.3. The third-order valence-electron chi connectivity index (χ3n) is 5.75. The lowest BCUT2D eigenvalue weighted by Gasteiger charge is -2.10. The molecule has 8 nitrogen and oxygen atoms in total. The second-order valence-electron chi connectivity index (χ2n) is 8.10. The van der Waals surface area contributed by atoms with Crippen LogP contribution in [0.3, 0.4) is 0 Å². The summed E-state index contributed by atoms with van der Waals surface area (Å²) in [6.07, 6.45) is 2.93. The summed E-state index contributed by atoms with van der Waals surface area (Å²) in [4.78, 5) is 18.2. The average molecular weight is 473 g/mol. The van der Waals surface area contributed by atoms with Gasteiger partial charge in [-0.3, -0.25) is 0 Å². The number of esters is 1. The molecule has 174 valence electrons. The van der Waals surface area contributed by atoms with E-state index in [2.05, 4.69) is 15.3 Å². The van der Waals surface area contributed by atoms with Gasteiger partial charge in [0.2, 0.25) is 12.3 Å². The second kappa shape index (κ2) is 9.27. The molecule has 3 aromatic heterocycles. The van der Waals surface area contributed by atoms with E-state index < -0.39 is 5.97 Å². The summed E-state index contributed by atoms with van der Waals surface area (Å²) in [5, 5.41) is 12.7. The molecule has 0 aliphatic carbocycles. The molecule has 3 heterocycles. The standard InChI is InChI=1S/C28H19N5O3/c34-28(36-22-13-11-21(12-14-22)27-32-29-18-35-27)23-15-25(20-9-5-2-6-10-20)31-26-24(23)16-30-33(26)17-19-7-3-1-4-8-19/h1-16,18H,17H2. The Morgan fingerprint density at radius 3 is 2.36 bits per heavy atom. The number of fused-ring (bicyclic) bond motifs is 1. The Morgan fingerprint density at radius 1 is 0.889 bits per heavy atom. The topological polar surface area (TPSA) is 95.9 Å². The molecule has 0 atom stereocenters. The second-order valence-corrected chi connectivity index (χ2v) is 8.10. The van der Waals surface area contributed by atoms with Crippen molar-refractivity contribution in [2.45, 2.75) is 6.54 Å². The van der Waals surface area contributed by atoms with E-state index in [0.29, 0.717) is 40.5 Å². The summed E-state index contributed by atoms with van der Waals surface area (Å²) >= 11 is 0. The van der Waals surface area contributed by atoms with Crippen LogP contribution in [-0.4, -0.2) is 30.9 Å². The number of carbonyl (C=O) groups excluding carboxylic acids is 1. The number of ether oxygens (including phenoxy) is 1. The van der Waals surface area contributed by atoms with Crippen molar-refractivity contribution < 1.29 is 13.9 Å². The number of pyridine rings is 1. The van der Waals surface area contributed by atoms with Crippen molar-refractivity contribution in [3.05, 3.63) is 115 Å². The molecule has 0 bridgehead atoms. The lowest BCUT2D eigenvalue weighted by Crippen LogP contribution is -2.10. The van der Waals surface area contributed by atoms with Gasteiger partial charge in [0.15, 0.2) is 5.65 Å². The highest BCUT2D eigenvalue weighted by molar-refractivity contribution is 6.04. The van der Waals surface area contributed by atoms with E-state index >= 15 is 0 Å². The van der Waals surface area contributed by atoms with Crippen molar-refractivity contribution in [1.82, 2.24) is 25.0 Å². The minimum Gasteiger partial charge on any atom is -0.423 e. The van der Waals surface area contributed by atoms with E-state index in [-0.39, 0.29) is 0 Å². The molecule has 0 amide bonds. The smallest absolute Gasteiger partial charge is 0.344 e. The summed E-state index contributed by atoms with van der Waals surface area (Å²) in [6.45, 7) is 0.529. The van der Waals surface area contributed by atoms with Crippen molar-refractivity contribution in [3.8, 4) is 28.5 Å². The molecule has 0 spiro atoms. The van der Waals surface area contributed by atoms with Gasteiger partial charge in [-0.1, -0.05) is 60.7 Å². The van der Waals surface area contributed by atoms with Gasteiger partial charge in [-0.05, 0) is 35.9 Å². The van der Waals surface area contributed by atoms with Gasteiger partial charge in [-0.15, -0.1) is 10.2 Å². The largest absolute Gasteiger partial charge is 0.423 e. The van der Waals surface area contributed by atoms with Crippen LogP contribution in [0, 0.1) is 0 Å². The van der Waals surface area contributed by atoms with E-state index in [1.807, 2.05) is 60.7 Å². The highest BCUT2D eigenvalue weighted by Gasteiger charge is 2.20. The van der Waals surface area contributed by atoms with E-state index in [1.165, 1.54) is 6.39 Å². The Morgan fingerprint density at radius 2 is 1.64 bits per heavy atom. The monoisotopic (exact) mass is 473 g/mol. The van der Waals surface area contributed by atoms with Crippen LogP contribution in [0.2, 0.25) is 0 Å².